The zero-order valence-corrected chi connectivity index (χ0v) is 74.1. The third-order valence-corrected chi connectivity index (χ3v) is 26.7. The number of benzene rings is 2. The minimum atomic E-state index is -4.83. The summed E-state index contributed by atoms with van der Waals surface area (Å²) >= 11 is 2.90. The number of likely N-dealkylation sites (tertiary alicyclic amines) is 2. The second-order valence-electron chi connectivity index (χ2n) is 34.2. The molecular weight excluding hydrogens is 1610 g/mol. The van der Waals surface area contributed by atoms with Gasteiger partial charge in [-0.3, -0.25) is 28.3 Å². The molecular formula is C84H118N12O19P2S2. The van der Waals surface area contributed by atoms with Crippen LogP contribution < -0.4 is 50.8 Å². The average molecular weight is 1730 g/mol. The van der Waals surface area contributed by atoms with Crippen molar-refractivity contribution in [2.24, 2.45) is 22.7 Å². The summed E-state index contributed by atoms with van der Waals surface area (Å²) in [7, 11) is -6.11. The van der Waals surface area contributed by atoms with Gasteiger partial charge in [-0.15, -0.1) is 48.7 Å². The molecule has 6 heterocycles. The maximum atomic E-state index is 14.8. The van der Waals surface area contributed by atoms with Crippen molar-refractivity contribution < 1.29 is 92.0 Å². The van der Waals surface area contributed by atoms with E-state index in [4.69, 9.17) is 59.4 Å². The van der Waals surface area contributed by atoms with Crippen LogP contribution in [0.15, 0.2) is 84.6 Å². The van der Waals surface area contributed by atoms with Crippen molar-refractivity contribution in [1.29, 1.82) is 0 Å². The molecule has 12 rings (SSSR count). The maximum Gasteiger partial charge on any atom is 0.408 e. The van der Waals surface area contributed by atoms with Crippen LogP contribution in [0.5, 0.6) is 23.0 Å². The van der Waals surface area contributed by atoms with Gasteiger partial charge in [-0.2, -0.15) is 0 Å². The van der Waals surface area contributed by atoms with E-state index >= 15 is 0 Å². The number of nitrogens with zero attached hydrogens (tertiary/aromatic N) is 6. The Morgan fingerprint density at radius 3 is 1.29 bits per heavy atom. The van der Waals surface area contributed by atoms with Gasteiger partial charge in [0.2, 0.25) is 23.6 Å². The summed E-state index contributed by atoms with van der Waals surface area (Å²) in [6, 6.07) is 10.2. The van der Waals surface area contributed by atoms with Crippen LogP contribution in [-0.4, -0.2) is 196 Å². The van der Waals surface area contributed by atoms with E-state index in [0.717, 1.165) is 61.6 Å². The van der Waals surface area contributed by atoms with Crippen LogP contribution in [-0.2, 0) is 42.3 Å². The molecule has 11 atom stereocenters. The number of alkyl carbamates (subject to hydrolysis) is 2. The van der Waals surface area contributed by atoms with Gasteiger partial charge in [-0.1, -0.05) is 53.7 Å². The third-order valence-electron chi connectivity index (χ3n) is 21.1. The first kappa shape index (κ1) is 92.3. The summed E-state index contributed by atoms with van der Waals surface area (Å²) in [6.07, 6.45) is 11.6. The van der Waals surface area contributed by atoms with Crippen LogP contribution in [0.4, 0.5) is 19.9 Å². The van der Waals surface area contributed by atoms with Crippen molar-refractivity contribution in [3.05, 3.63) is 84.6 Å². The molecule has 0 bridgehead atoms. The number of aliphatic hydroxyl groups is 1. The Bertz CT molecular complexity index is 4800. The number of ether oxygens (including phenoxy) is 6. The fourth-order valence-corrected chi connectivity index (χ4v) is 19.9. The number of nitrogens with one attached hydrogen (secondary N) is 6. The summed E-state index contributed by atoms with van der Waals surface area (Å²) in [5.74, 6) is -1.58. The second-order valence-corrected chi connectivity index (χ2v) is 39.8. The molecule has 2 saturated heterocycles. The number of hydrogen-bond donors (Lipinski definition) is 10. The normalized spacial score (nSPS) is 22.7. The van der Waals surface area contributed by atoms with Crippen molar-refractivity contribution in [3.8, 4) is 58.6 Å². The monoisotopic (exact) mass is 1730 g/mol. The minimum absolute atomic E-state index is 0.00650. The van der Waals surface area contributed by atoms with Crippen LogP contribution in [0.2, 0.25) is 0 Å². The molecule has 0 radical (unpaired) electrons. The number of terminal acetylenes is 1. The highest BCUT2D eigenvalue weighted by Crippen LogP contribution is 2.71. The van der Waals surface area contributed by atoms with Gasteiger partial charge in [0, 0.05) is 88.7 Å². The van der Waals surface area contributed by atoms with E-state index in [2.05, 4.69) is 51.5 Å². The van der Waals surface area contributed by atoms with Gasteiger partial charge in [-0.25, -0.2) is 29.5 Å². The number of anilines is 2. The van der Waals surface area contributed by atoms with Crippen molar-refractivity contribution in [2.75, 3.05) is 37.9 Å². The molecule has 4 saturated carbocycles. The molecule has 6 amide bonds. The van der Waals surface area contributed by atoms with E-state index in [0.29, 0.717) is 67.6 Å². The zero-order valence-electron chi connectivity index (χ0n) is 71.7. The van der Waals surface area contributed by atoms with Gasteiger partial charge < -0.3 is 94.4 Å². The fourth-order valence-electron chi connectivity index (χ4n) is 15.0. The number of aliphatic hydroxyl groups excluding tert-OH is 1. The zero-order chi connectivity index (χ0) is 88.3. The van der Waals surface area contributed by atoms with Crippen molar-refractivity contribution in [2.45, 2.75) is 257 Å². The van der Waals surface area contributed by atoms with Crippen LogP contribution in [0.3, 0.4) is 0 Å². The smallest absolute Gasteiger partial charge is 0.408 e. The molecule has 6 aliphatic rings. The van der Waals surface area contributed by atoms with Gasteiger partial charge >= 0.3 is 27.4 Å². The van der Waals surface area contributed by atoms with E-state index in [1.165, 1.54) is 51.0 Å². The van der Waals surface area contributed by atoms with E-state index in [1.807, 2.05) is 71.4 Å². The summed E-state index contributed by atoms with van der Waals surface area (Å²) in [5, 5.41) is 28.9. The third kappa shape index (κ3) is 23.2. The van der Waals surface area contributed by atoms with Gasteiger partial charge in [0.1, 0.15) is 94.9 Å². The number of carbonyl (C=O) groups is 6. The standard InChI is InChI=1S/C41H57N6O9PS.C38H51N6O9PS.C3H8O.C2H2/c1-10-25-20-41(25,57(51,52)56-24(4)5)46-36(48)33-18-28(21-47(33)37(49)35(40(6,7)8)45-39(50)55-26-13-11-12-14-26)54-34-19-31(32-22-58-38(44-32)42-23(2)3)43-30-17-27(53-9)15-16-29(30)34;1-8-22-18-38(22,54(48,49)50)43-33(45)30-16-25(19-44(30)34(46)32(37(4,5)6)42-36(47)53-23-11-9-10-12-23)52-31-17-28(29-20-55-35(41-29)39-21(2)3)40-27-15-24(51-7)13-14-26(27)31;1-3(2)4;1-2/h10,15-17,19,22-26,28,33,35H,1,11-14,18,20-21H2,2-9H3,(H,42,44)(H,45,50)(H,46,48)(H,51,52);8,13-15,17,20-23,25,30,32H,1,9-12,16,18-19H2,2-7H3,(H,39,41)(H,42,47)(H,43,45)(H2,48,49,50);3-4H,1-2H3;1-2H/t25-,28-,33+,35-,41+;22-,25-,30+,32-,38+;;/m11../s1/i;;;1D. The first-order valence-corrected chi connectivity index (χ1v) is 45.2. The summed E-state index contributed by atoms with van der Waals surface area (Å²) in [5.41, 5.74) is 1.90. The lowest BCUT2D eigenvalue weighted by Crippen LogP contribution is -2.58. The first-order valence-electron chi connectivity index (χ1n) is 40.7. The van der Waals surface area contributed by atoms with Gasteiger partial charge in [0.05, 0.1) is 55.8 Å². The number of hydrogen-bond acceptors (Lipinski definition) is 24. The molecule has 2 aromatic carbocycles. The highest BCUT2D eigenvalue weighted by Gasteiger charge is 2.69. The number of methoxy groups -OCH3 is 2. The van der Waals surface area contributed by atoms with E-state index in [-0.39, 0.29) is 69.2 Å². The van der Waals surface area contributed by atoms with Crippen LogP contribution in [0.25, 0.3) is 44.6 Å². The predicted octanol–water partition coefficient (Wildman–Crippen LogP) is 13.7. The Labute approximate surface area is 706 Å². The number of fused-ring (bicyclic) bond motifs is 2. The molecule has 0 spiro atoms. The Hall–Kier alpha value is -8.96. The molecule has 31 nitrogen and oxygen atoms in total. The van der Waals surface area contributed by atoms with Gasteiger partial charge in [0.25, 0.3) is 0 Å². The topological polar surface area (TPSA) is 412 Å². The van der Waals surface area contributed by atoms with Crippen LogP contribution in [0.1, 0.15) is 175 Å². The number of thiazole rings is 2. The highest BCUT2D eigenvalue weighted by molar-refractivity contribution is 7.55. The molecule has 6 fully saturated rings. The summed E-state index contributed by atoms with van der Waals surface area (Å²) in [6.45, 7) is 33.1. The molecule has 35 heteroatoms. The Kier molecular flexibility index (Phi) is 30.5. The van der Waals surface area contributed by atoms with Crippen LogP contribution >= 0.6 is 37.9 Å². The SMILES string of the molecule is C=C[C@@H]1C[C@]1(NC(=O)[C@@H]1C[C@@H](Oc2cc(-c3csc(NC(C)C)n3)nc3cc(OC)ccc23)CN1C(=O)[C@@H](NC(=O)OC1CCCC1)C(C)(C)C)P(=O)(O)O.C=C[C@@H]1C[C@]1(NC(=O)[C@@H]1C[C@@H](Oc2cc(-c3csc(NC(C)C)n3)nc3cc(OC)ccc23)CN1C(=O)[C@@H](NC(=O)OC1CCCC1)C(C)(C)C)P(=O)(O)OC(C)C.CC(C)O.[2H]C#C. The van der Waals surface area contributed by atoms with E-state index in [9.17, 15) is 52.6 Å². The molecule has 6 aromatic rings. The number of pyridine rings is 2. The highest BCUT2D eigenvalue weighted by atomic mass is 32.1. The average Bonchev–Trinajstić information content (AvgIpc) is 1.56. The minimum Gasteiger partial charge on any atom is -0.497 e. The van der Waals surface area contributed by atoms with Crippen molar-refractivity contribution in [1.82, 2.24) is 51.0 Å². The largest absolute Gasteiger partial charge is 0.497 e. The molecule has 2 aliphatic heterocycles. The Balaban J connectivity index is 0.000000254. The van der Waals surface area contributed by atoms with Crippen molar-refractivity contribution in [3.63, 3.8) is 0 Å². The second kappa shape index (κ2) is 39.3. The first-order chi connectivity index (χ1) is 56.4. The summed E-state index contributed by atoms with van der Waals surface area (Å²) < 4.78 is 73.3. The van der Waals surface area contributed by atoms with Crippen molar-refractivity contribution >= 4 is 106 Å². The Morgan fingerprint density at radius 1 is 0.597 bits per heavy atom. The fraction of sp³-hybridized carbons (Fsp3) is 0.571. The maximum absolute atomic E-state index is 14.8. The lowest BCUT2D eigenvalue weighted by atomic mass is 9.85. The summed E-state index contributed by atoms with van der Waals surface area (Å²) in [4.78, 5) is 138. The van der Waals surface area contributed by atoms with Crippen LogP contribution in [0, 0.1) is 35.5 Å². The Morgan fingerprint density at radius 2 is 0.966 bits per heavy atom. The molecule has 4 aliphatic carbocycles. The number of amides is 6. The van der Waals surface area contributed by atoms with Gasteiger partial charge in [-0.05, 0) is 155 Å². The number of carbonyl (C=O) groups excluding carboxylic acids is 6. The molecule has 650 valence electrons. The van der Waals surface area contributed by atoms with E-state index < -0.39 is 127 Å². The number of aromatic nitrogens is 4. The van der Waals surface area contributed by atoms with E-state index in [1.54, 1.807) is 99.1 Å². The van der Waals surface area contributed by atoms with Gasteiger partial charge in [0.15, 0.2) is 10.3 Å². The lowest BCUT2D eigenvalue weighted by molar-refractivity contribution is -0.142. The predicted molar refractivity (Wildman–Crippen MR) is 459 cm³/mol. The molecule has 4 aromatic heterocycles. The molecule has 10 N–H and O–H groups in total. The molecule has 119 heavy (non-hydrogen) atoms. The molecule has 1 unspecified atom stereocenters. The quantitative estimate of drug-likeness (QED) is 0.0124. The lowest BCUT2D eigenvalue weighted by Gasteiger charge is -2.35. The number of rotatable bonds is 28.